The van der Waals surface area contributed by atoms with Gasteiger partial charge in [-0.25, -0.2) is 0 Å². The molecule has 0 amide bonds. The Bertz CT molecular complexity index is 2080. The largest absolute Gasteiger partial charge is 0.344 e. The monoisotopic (exact) mass is 495 g/mol. The molecule has 39 heavy (non-hydrogen) atoms. The van der Waals surface area contributed by atoms with Gasteiger partial charge < -0.3 is 4.57 Å². The zero-order valence-corrected chi connectivity index (χ0v) is 21.6. The number of hydrogen-bond acceptors (Lipinski definition) is 0. The van der Waals surface area contributed by atoms with Gasteiger partial charge in [-0.1, -0.05) is 115 Å². The van der Waals surface area contributed by atoms with Crippen LogP contribution in [-0.2, 0) is 12.5 Å². The van der Waals surface area contributed by atoms with Gasteiger partial charge in [-0.05, 0) is 73.8 Å². The standard InChI is InChI=1S/C38H25N/c1-39-35-19-9-5-14-30(35)37-25(15-10-20-36(37)39)24-21-22-29-28-13-4-8-18-33(28)38(34(29)23-24)31-16-6-2-11-26(31)27-12-3-7-17-32(27)38/h2-23H,1H3. The average molecular weight is 496 g/mol. The molecule has 2 aliphatic carbocycles. The van der Waals surface area contributed by atoms with E-state index >= 15 is 0 Å². The van der Waals surface area contributed by atoms with E-state index in [2.05, 4.69) is 145 Å². The number of hydrogen-bond donors (Lipinski definition) is 0. The SMILES string of the molecule is Cn1c2ccccc2c2c(-c3ccc4c(c3)C3(c5ccccc5-c5ccccc53)c3ccccc3-4)cccc21. The van der Waals surface area contributed by atoms with Crippen LogP contribution in [0.2, 0.25) is 0 Å². The lowest BCUT2D eigenvalue weighted by Crippen LogP contribution is -2.25. The first kappa shape index (κ1) is 21.1. The van der Waals surface area contributed by atoms with E-state index in [-0.39, 0.29) is 5.41 Å². The molecule has 0 saturated heterocycles. The van der Waals surface area contributed by atoms with Crippen molar-refractivity contribution in [2.24, 2.45) is 7.05 Å². The second-order valence-corrected chi connectivity index (χ2v) is 10.9. The zero-order valence-electron chi connectivity index (χ0n) is 21.6. The van der Waals surface area contributed by atoms with Crippen molar-refractivity contribution in [1.29, 1.82) is 0 Å². The summed E-state index contributed by atoms with van der Waals surface area (Å²) in [6, 6.07) is 49.8. The van der Waals surface area contributed by atoms with Crippen LogP contribution in [0.4, 0.5) is 0 Å². The number of aromatic nitrogens is 1. The first-order valence-electron chi connectivity index (χ1n) is 13.7. The highest BCUT2D eigenvalue weighted by Crippen LogP contribution is 2.63. The summed E-state index contributed by atoms with van der Waals surface area (Å²) in [6.07, 6.45) is 0. The molecule has 1 heteroatoms. The maximum absolute atomic E-state index is 2.49. The summed E-state index contributed by atoms with van der Waals surface area (Å²) in [7, 11) is 2.18. The Labute approximate surface area is 227 Å². The number of benzene rings is 6. The summed E-state index contributed by atoms with van der Waals surface area (Å²) in [4.78, 5) is 0. The Kier molecular flexibility index (Phi) is 3.98. The van der Waals surface area contributed by atoms with Crippen LogP contribution in [0.15, 0.2) is 133 Å². The van der Waals surface area contributed by atoms with Crippen LogP contribution in [0.1, 0.15) is 22.3 Å². The van der Waals surface area contributed by atoms with Gasteiger partial charge >= 0.3 is 0 Å². The first-order chi connectivity index (χ1) is 19.3. The van der Waals surface area contributed by atoms with Crippen molar-refractivity contribution in [3.05, 3.63) is 156 Å². The number of rotatable bonds is 1. The van der Waals surface area contributed by atoms with Crippen LogP contribution >= 0.6 is 0 Å². The van der Waals surface area contributed by atoms with Crippen molar-refractivity contribution in [1.82, 2.24) is 4.57 Å². The fourth-order valence-electron chi connectivity index (χ4n) is 7.71. The summed E-state index contributed by atoms with van der Waals surface area (Å²) in [5.74, 6) is 0. The van der Waals surface area contributed by atoms with Gasteiger partial charge in [0.1, 0.15) is 0 Å². The number of para-hydroxylation sites is 1. The van der Waals surface area contributed by atoms with E-state index < -0.39 is 0 Å². The molecule has 7 aromatic rings. The molecule has 182 valence electrons. The Balaban J connectivity index is 1.41. The number of fused-ring (bicyclic) bond motifs is 13. The third-order valence-corrected chi connectivity index (χ3v) is 9.25. The van der Waals surface area contributed by atoms with Crippen molar-refractivity contribution in [2.45, 2.75) is 5.41 Å². The molecule has 0 bridgehead atoms. The van der Waals surface area contributed by atoms with E-state index in [0.717, 1.165) is 0 Å². The predicted molar refractivity (Wildman–Crippen MR) is 162 cm³/mol. The van der Waals surface area contributed by atoms with Gasteiger partial charge in [0.05, 0.1) is 5.41 Å². The second kappa shape index (κ2) is 7.36. The van der Waals surface area contributed by atoms with Crippen molar-refractivity contribution in [3.63, 3.8) is 0 Å². The first-order valence-corrected chi connectivity index (χ1v) is 13.7. The molecule has 0 N–H and O–H groups in total. The lowest BCUT2D eigenvalue weighted by molar-refractivity contribution is 0.794. The van der Waals surface area contributed by atoms with Gasteiger partial charge in [0.2, 0.25) is 0 Å². The molecule has 1 heterocycles. The maximum Gasteiger partial charge on any atom is 0.0725 e. The molecule has 2 aliphatic rings. The fourth-order valence-corrected chi connectivity index (χ4v) is 7.71. The summed E-state index contributed by atoms with van der Waals surface area (Å²) in [6.45, 7) is 0. The van der Waals surface area contributed by atoms with Crippen molar-refractivity contribution >= 4 is 21.8 Å². The van der Waals surface area contributed by atoms with E-state index in [0.29, 0.717) is 0 Å². The summed E-state index contributed by atoms with van der Waals surface area (Å²) >= 11 is 0. The van der Waals surface area contributed by atoms with Crippen molar-refractivity contribution in [2.75, 3.05) is 0 Å². The second-order valence-electron chi connectivity index (χ2n) is 10.9. The zero-order chi connectivity index (χ0) is 25.7. The Morgan fingerprint density at radius 1 is 0.436 bits per heavy atom. The summed E-state index contributed by atoms with van der Waals surface area (Å²) in [5, 5.41) is 2.63. The molecular formula is C38H25N. The Morgan fingerprint density at radius 2 is 0.949 bits per heavy atom. The van der Waals surface area contributed by atoms with Gasteiger partial charge in [-0.15, -0.1) is 0 Å². The third-order valence-electron chi connectivity index (χ3n) is 9.25. The molecule has 0 fully saturated rings. The maximum atomic E-state index is 2.49. The highest BCUT2D eigenvalue weighted by molar-refractivity contribution is 6.15. The van der Waals surface area contributed by atoms with Crippen LogP contribution in [0.5, 0.6) is 0 Å². The molecule has 1 spiro atoms. The van der Waals surface area contributed by atoms with Gasteiger partial charge in [0.25, 0.3) is 0 Å². The van der Waals surface area contributed by atoms with Crippen LogP contribution in [-0.4, -0.2) is 4.57 Å². The number of nitrogens with zero attached hydrogens (tertiary/aromatic N) is 1. The van der Waals surface area contributed by atoms with Crippen molar-refractivity contribution < 1.29 is 0 Å². The number of aryl methyl sites for hydroxylation is 1. The van der Waals surface area contributed by atoms with E-state index in [4.69, 9.17) is 0 Å². The smallest absolute Gasteiger partial charge is 0.0725 e. The topological polar surface area (TPSA) is 4.93 Å². The normalized spacial score (nSPS) is 14.0. The van der Waals surface area contributed by atoms with Crippen molar-refractivity contribution in [3.8, 4) is 33.4 Å². The van der Waals surface area contributed by atoms with E-state index in [9.17, 15) is 0 Å². The highest BCUT2D eigenvalue weighted by Gasteiger charge is 2.51. The third kappa shape index (κ3) is 2.46. The van der Waals surface area contributed by atoms with Gasteiger partial charge in [0, 0.05) is 28.9 Å². The van der Waals surface area contributed by atoms with Gasteiger partial charge in [0.15, 0.2) is 0 Å². The van der Waals surface area contributed by atoms with Crippen LogP contribution < -0.4 is 0 Å². The van der Waals surface area contributed by atoms with Gasteiger partial charge in [-0.3, -0.25) is 0 Å². The molecule has 0 unspecified atom stereocenters. The molecule has 6 aromatic carbocycles. The predicted octanol–water partition coefficient (Wildman–Crippen LogP) is 9.34. The van der Waals surface area contributed by atoms with E-state index in [1.54, 1.807) is 0 Å². The fraction of sp³-hybridized carbons (Fsp3) is 0.0526. The van der Waals surface area contributed by atoms with Crippen LogP contribution in [0.25, 0.3) is 55.2 Å². The summed E-state index contributed by atoms with van der Waals surface area (Å²) in [5.41, 5.74) is 15.7. The summed E-state index contributed by atoms with van der Waals surface area (Å²) < 4.78 is 2.32. The lowest BCUT2D eigenvalue weighted by Gasteiger charge is -2.30. The Morgan fingerprint density at radius 3 is 1.62 bits per heavy atom. The van der Waals surface area contributed by atoms with Crippen LogP contribution in [0, 0.1) is 0 Å². The molecule has 0 aliphatic heterocycles. The Hall–Kier alpha value is -4.88. The molecule has 0 saturated carbocycles. The molecular weight excluding hydrogens is 470 g/mol. The molecule has 1 aromatic heterocycles. The minimum absolute atomic E-state index is 0.318. The van der Waals surface area contributed by atoms with Crippen LogP contribution in [0.3, 0.4) is 0 Å². The van der Waals surface area contributed by atoms with E-state index in [1.807, 2.05) is 0 Å². The van der Waals surface area contributed by atoms with E-state index in [1.165, 1.54) is 77.4 Å². The minimum atomic E-state index is -0.318. The average Bonchev–Trinajstić information content (AvgIpc) is 3.59. The lowest BCUT2D eigenvalue weighted by atomic mass is 9.70. The highest BCUT2D eigenvalue weighted by atomic mass is 14.9. The molecule has 9 rings (SSSR count). The minimum Gasteiger partial charge on any atom is -0.344 e. The quantitative estimate of drug-likeness (QED) is 0.214. The molecule has 0 atom stereocenters. The molecule has 0 radical (unpaired) electrons. The molecule has 1 nitrogen and oxygen atoms in total. The van der Waals surface area contributed by atoms with Gasteiger partial charge in [-0.2, -0.15) is 0 Å².